The number of nitrogens with two attached hydrogens (primary N) is 1. The van der Waals surface area contributed by atoms with Crippen LogP contribution in [-0.2, 0) is 11.2 Å². The molecule has 0 aliphatic carbocycles. The minimum atomic E-state index is -0.454. The Hall–Kier alpha value is -2.25. The van der Waals surface area contributed by atoms with Gasteiger partial charge in [0.15, 0.2) is 0 Å². The van der Waals surface area contributed by atoms with E-state index >= 15 is 0 Å². The fraction of sp³-hybridized carbons (Fsp3) is 0.214. The molecule has 6 nitrogen and oxygen atoms in total. The van der Waals surface area contributed by atoms with Crippen LogP contribution in [0.5, 0.6) is 0 Å². The molecule has 0 aliphatic rings. The zero-order chi connectivity index (χ0) is 15.2. The third kappa shape index (κ3) is 3.87. The number of benzene rings is 1. The van der Waals surface area contributed by atoms with Gasteiger partial charge in [-0.25, -0.2) is 9.78 Å². The van der Waals surface area contributed by atoms with Crippen molar-refractivity contribution in [2.75, 3.05) is 19.0 Å². The largest absolute Gasteiger partial charge is 0.465 e. The zero-order valence-electron chi connectivity index (χ0n) is 11.5. The van der Waals surface area contributed by atoms with Crippen molar-refractivity contribution in [3.63, 3.8) is 0 Å². The molecule has 0 fully saturated rings. The molecule has 1 aromatic heterocycles. The van der Waals surface area contributed by atoms with Crippen LogP contribution in [0.1, 0.15) is 25.9 Å². The molecule has 0 unspecified atom stereocenters. The van der Waals surface area contributed by atoms with E-state index in [1.807, 2.05) is 0 Å². The standard InChI is InChI=1S/C14H15N3O3S/c1-20-14(19)9-3-2-4-10(7-9)16-13(18)11-8-21-12(17-11)5-6-15/h2-4,7-8H,5-6,15H2,1H3,(H,16,18). The van der Waals surface area contributed by atoms with Crippen LogP contribution in [0, 0.1) is 0 Å². The number of thiazole rings is 1. The summed E-state index contributed by atoms with van der Waals surface area (Å²) in [5.41, 5.74) is 6.67. The molecule has 1 heterocycles. The van der Waals surface area contributed by atoms with E-state index in [2.05, 4.69) is 15.0 Å². The summed E-state index contributed by atoms with van der Waals surface area (Å²) < 4.78 is 4.64. The SMILES string of the molecule is COC(=O)c1cccc(NC(=O)c2csc(CCN)n2)c1. The molecule has 7 heteroatoms. The molecule has 0 saturated heterocycles. The number of carbonyl (C=O) groups is 2. The predicted molar refractivity (Wildman–Crippen MR) is 80.6 cm³/mol. The van der Waals surface area contributed by atoms with Crippen LogP contribution in [0.4, 0.5) is 5.69 Å². The lowest BCUT2D eigenvalue weighted by molar-refractivity contribution is 0.0600. The van der Waals surface area contributed by atoms with E-state index in [1.54, 1.807) is 29.6 Å². The first-order chi connectivity index (χ1) is 10.1. The van der Waals surface area contributed by atoms with Crippen LogP contribution in [0.15, 0.2) is 29.6 Å². The van der Waals surface area contributed by atoms with E-state index in [0.29, 0.717) is 29.9 Å². The molecule has 2 aromatic rings. The predicted octanol–water partition coefficient (Wildman–Crippen LogP) is 1.68. The quantitative estimate of drug-likeness (QED) is 0.820. The third-order valence-corrected chi connectivity index (χ3v) is 3.59. The number of nitrogens with zero attached hydrogens (tertiary/aromatic N) is 1. The van der Waals surface area contributed by atoms with Crippen molar-refractivity contribution in [1.29, 1.82) is 0 Å². The highest BCUT2D eigenvalue weighted by Gasteiger charge is 2.12. The summed E-state index contributed by atoms with van der Waals surface area (Å²) in [6.07, 6.45) is 0.649. The normalized spacial score (nSPS) is 10.2. The summed E-state index contributed by atoms with van der Waals surface area (Å²) in [6, 6.07) is 6.53. The number of nitrogens with one attached hydrogen (secondary N) is 1. The Morgan fingerprint density at radius 2 is 2.24 bits per heavy atom. The molecule has 0 aliphatic heterocycles. The summed E-state index contributed by atoms with van der Waals surface area (Å²) in [5.74, 6) is -0.776. The number of esters is 1. The zero-order valence-corrected chi connectivity index (χ0v) is 12.3. The van der Waals surface area contributed by atoms with Crippen LogP contribution in [0.3, 0.4) is 0 Å². The van der Waals surface area contributed by atoms with E-state index in [-0.39, 0.29) is 5.91 Å². The number of ether oxygens (including phenoxy) is 1. The Morgan fingerprint density at radius 1 is 1.43 bits per heavy atom. The van der Waals surface area contributed by atoms with Crippen molar-refractivity contribution in [3.8, 4) is 0 Å². The number of methoxy groups -OCH3 is 1. The lowest BCUT2D eigenvalue weighted by Gasteiger charge is -2.05. The van der Waals surface area contributed by atoms with Crippen LogP contribution >= 0.6 is 11.3 Å². The summed E-state index contributed by atoms with van der Waals surface area (Å²) in [7, 11) is 1.31. The number of hydrogen-bond acceptors (Lipinski definition) is 6. The highest BCUT2D eigenvalue weighted by Crippen LogP contribution is 2.15. The second-order valence-corrected chi connectivity index (χ2v) is 5.13. The first-order valence-electron chi connectivity index (χ1n) is 6.28. The Labute approximate surface area is 125 Å². The first kappa shape index (κ1) is 15.1. The minimum Gasteiger partial charge on any atom is -0.465 e. The maximum absolute atomic E-state index is 12.1. The highest BCUT2D eigenvalue weighted by atomic mass is 32.1. The average molecular weight is 305 g/mol. The van der Waals surface area contributed by atoms with Crippen molar-refractivity contribution in [2.45, 2.75) is 6.42 Å². The molecule has 0 radical (unpaired) electrons. The number of carbonyl (C=O) groups excluding carboxylic acids is 2. The summed E-state index contributed by atoms with van der Waals surface area (Å²) in [5, 5.41) is 5.21. The Kier molecular flexibility index (Phi) is 5.02. The van der Waals surface area contributed by atoms with Gasteiger partial charge in [-0.1, -0.05) is 6.07 Å². The molecule has 110 valence electrons. The number of aromatic nitrogens is 1. The Balaban J connectivity index is 2.09. The maximum atomic E-state index is 12.1. The van der Waals surface area contributed by atoms with Gasteiger partial charge in [0.25, 0.3) is 5.91 Å². The number of hydrogen-bond donors (Lipinski definition) is 2. The summed E-state index contributed by atoms with van der Waals surface area (Å²) >= 11 is 1.40. The van der Waals surface area contributed by atoms with Crippen molar-refractivity contribution in [3.05, 3.63) is 45.9 Å². The van der Waals surface area contributed by atoms with E-state index in [4.69, 9.17) is 5.73 Å². The van der Waals surface area contributed by atoms with Gasteiger partial charge in [-0.05, 0) is 24.7 Å². The van der Waals surface area contributed by atoms with Gasteiger partial charge in [0.1, 0.15) is 5.69 Å². The topological polar surface area (TPSA) is 94.3 Å². The molecule has 0 atom stereocenters. The summed E-state index contributed by atoms with van der Waals surface area (Å²) in [6.45, 7) is 0.496. The van der Waals surface area contributed by atoms with Crippen LogP contribution in [0.2, 0.25) is 0 Å². The van der Waals surface area contributed by atoms with Crippen molar-refractivity contribution in [2.24, 2.45) is 5.73 Å². The number of rotatable bonds is 5. The summed E-state index contributed by atoms with van der Waals surface area (Å²) in [4.78, 5) is 27.7. The monoisotopic (exact) mass is 305 g/mol. The lowest BCUT2D eigenvalue weighted by Crippen LogP contribution is -2.13. The lowest BCUT2D eigenvalue weighted by atomic mass is 10.2. The van der Waals surface area contributed by atoms with Crippen molar-refractivity contribution >= 4 is 28.9 Å². The smallest absolute Gasteiger partial charge is 0.337 e. The van der Waals surface area contributed by atoms with E-state index in [9.17, 15) is 9.59 Å². The van der Waals surface area contributed by atoms with Gasteiger partial charge in [0.2, 0.25) is 0 Å². The van der Waals surface area contributed by atoms with Gasteiger partial charge in [0, 0.05) is 17.5 Å². The van der Waals surface area contributed by atoms with E-state index < -0.39 is 5.97 Å². The van der Waals surface area contributed by atoms with Gasteiger partial charge in [0.05, 0.1) is 17.7 Å². The number of anilines is 1. The van der Waals surface area contributed by atoms with Gasteiger partial charge in [-0.15, -0.1) is 11.3 Å². The van der Waals surface area contributed by atoms with Crippen molar-refractivity contribution in [1.82, 2.24) is 4.98 Å². The molecule has 0 spiro atoms. The molecule has 21 heavy (non-hydrogen) atoms. The Bertz CT molecular complexity index is 654. The molecule has 2 rings (SSSR count). The molecule has 1 aromatic carbocycles. The fourth-order valence-corrected chi connectivity index (χ4v) is 2.48. The van der Waals surface area contributed by atoms with Gasteiger partial charge >= 0.3 is 5.97 Å². The molecule has 1 amide bonds. The number of amides is 1. The van der Waals surface area contributed by atoms with Crippen molar-refractivity contribution < 1.29 is 14.3 Å². The van der Waals surface area contributed by atoms with E-state index in [1.165, 1.54) is 18.4 Å². The maximum Gasteiger partial charge on any atom is 0.337 e. The molecule has 3 N–H and O–H groups in total. The minimum absolute atomic E-state index is 0.323. The van der Waals surface area contributed by atoms with Crippen LogP contribution < -0.4 is 11.1 Å². The molecular formula is C14H15N3O3S. The van der Waals surface area contributed by atoms with Gasteiger partial charge in [-0.2, -0.15) is 0 Å². The molecular weight excluding hydrogens is 290 g/mol. The van der Waals surface area contributed by atoms with Gasteiger partial charge < -0.3 is 15.8 Å². The van der Waals surface area contributed by atoms with E-state index in [0.717, 1.165) is 5.01 Å². The first-order valence-corrected chi connectivity index (χ1v) is 7.16. The molecule has 0 bridgehead atoms. The second-order valence-electron chi connectivity index (χ2n) is 4.19. The molecule has 0 saturated carbocycles. The third-order valence-electron chi connectivity index (χ3n) is 2.68. The fourth-order valence-electron chi connectivity index (χ4n) is 1.69. The van der Waals surface area contributed by atoms with Gasteiger partial charge in [-0.3, -0.25) is 4.79 Å². The van der Waals surface area contributed by atoms with Crippen LogP contribution in [0.25, 0.3) is 0 Å². The average Bonchev–Trinajstić information content (AvgIpc) is 2.96. The van der Waals surface area contributed by atoms with Crippen LogP contribution in [-0.4, -0.2) is 30.5 Å². The Morgan fingerprint density at radius 3 is 2.95 bits per heavy atom. The second kappa shape index (κ2) is 6.96. The highest BCUT2D eigenvalue weighted by molar-refractivity contribution is 7.09.